The number of nitrogens with one attached hydrogen (secondary N) is 1. The van der Waals surface area contributed by atoms with Crippen molar-refractivity contribution in [1.82, 2.24) is 10.2 Å². The van der Waals surface area contributed by atoms with Crippen molar-refractivity contribution in [3.63, 3.8) is 0 Å². The number of benzene rings is 1. The molecular weight excluding hydrogens is 406 g/mol. The van der Waals surface area contributed by atoms with Gasteiger partial charge in [-0.3, -0.25) is 0 Å². The van der Waals surface area contributed by atoms with Gasteiger partial charge in [0.05, 0.1) is 18.2 Å². The predicted molar refractivity (Wildman–Crippen MR) is 101 cm³/mol. The Morgan fingerprint density at radius 3 is 2.78 bits per heavy atom. The quantitative estimate of drug-likeness (QED) is 0.454. The van der Waals surface area contributed by atoms with Crippen LogP contribution in [0, 0.1) is 22.6 Å². The lowest BCUT2D eigenvalue weighted by molar-refractivity contribution is 0.370. The summed E-state index contributed by atoms with van der Waals surface area (Å²) in [4.78, 5) is 6.77. The first-order valence-corrected chi connectivity index (χ1v) is 7.67. The van der Waals surface area contributed by atoms with Crippen LogP contribution in [0.4, 0.5) is 4.39 Å². The van der Waals surface area contributed by atoms with E-state index in [1.54, 1.807) is 6.07 Å². The fourth-order valence-corrected chi connectivity index (χ4v) is 2.64. The van der Waals surface area contributed by atoms with Crippen LogP contribution in [0.2, 0.25) is 0 Å². The third-order valence-electron chi connectivity index (χ3n) is 3.89. The van der Waals surface area contributed by atoms with Gasteiger partial charge in [0, 0.05) is 25.2 Å². The number of hydrogen-bond donors (Lipinski definition) is 1. The topological polar surface area (TPSA) is 51.4 Å². The molecule has 2 rings (SSSR count). The van der Waals surface area contributed by atoms with Gasteiger partial charge >= 0.3 is 0 Å². The summed E-state index contributed by atoms with van der Waals surface area (Å²) in [5.41, 5.74) is 1.19. The molecule has 0 unspecified atom stereocenters. The summed E-state index contributed by atoms with van der Waals surface area (Å²) >= 11 is 0. The van der Waals surface area contributed by atoms with Crippen LogP contribution in [0.25, 0.3) is 0 Å². The minimum atomic E-state index is -0.319. The second-order valence-electron chi connectivity index (χ2n) is 6.42. The molecule has 0 aliphatic carbocycles. The van der Waals surface area contributed by atoms with E-state index in [2.05, 4.69) is 29.1 Å². The molecule has 1 fully saturated rings. The number of halogens is 2. The number of aliphatic imine (C=N–C) groups is 1. The van der Waals surface area contributed by atoms with E-state index >= 15 is 0 Å². The number of rotatable bonds is 3. The van der Waals surface area contributed by atoms with E-state index in [9.17, 15) is 4.39 Å². The van der Waals surface area contributed by atoms with Gasteiger partial charge in [-0.05, 0) is 37.0 Å². The Hall–Kier alpha value is -1.36. The summed E-state index contributed by atoms with van der Waals surface area (Å²) < 4.78 is 13.8. The highest BCUT2D eigenvalue weighted by Crippen LogP contribution is 2.28. The standard InChI is InChI=1S/C17H23FN4.HI/c1-4-20-16(22-8-7-17(2,3)12-22)21-11-14-9-13(10-19)5-6-15(14)18;/h5-6,9H,4,7-8,11-12H2,1-3H3,(H,20,21);1H. The number of guanidine groups is 1. The van der Waals surface area contributed by atoms with Crippen LogP contribution in [0.5, 0.6) is 0 Å². The molecule has 23 heavy (non-hydrogen) atoms. The zero-order valence-electron chi connectivity index (χ0n) is 13.9. The highest BCUT2D eigenvalue weighted by Gasteiger charge is 2.30. The van der Waals surface area contributed by atoms with Gasteiger partial charge in [0.1, 0.15) is 5.82 Å². The van der Waals surface area contributed by atoms with Crippen molar-refractivity contribution in [2.75, 3.05) is 19.6 Å². The van der Waals surface area contributed by atoms with Crippen molar-refractivity contribution in [1.29, 1.82) is 5.26 Å². The van der Waals surface area contributed by atoms with E-state index in [0.717, 1.165) is 32.0 Å². The number of nitriles is 1. The van der Waals surface area contributed by atoms with Gasteiger partial charge in [0.15, 0.2) is 5.96 Å². The minimum Gasteiger partial charge on any atom is -0.357 e. The molecule has 0 atom stereocenters. The lowest BCUT2D eigenvalue weighted by Gasteiger charge is -2.23. The Balaban J connectivity index is 0.00000264. The summed E-state index contributed by atoms with van der Waals surface area (Å²) in [5, 5.41) is 12.2. The van der Waals surface area contributed by atoms with Crippen LogP contribution in [-0.4, -0.2) is 30.5 Å². The van der Waals surface area contributed by atoms with Crippen LogP contribution in [0.15, 0.2) is 23.2 Å². The molecule has 1 saturated heterocycles. The first-order valence-electron chi connectivity index (χ1n) is 7.67. The third-order valence-corrected chi connectivity index (χ3v) is 3.89. The molecular formula is C17H24FIN4. The van der Waals surface area contributed by atoms with E-state index in [1.165, 1.54) is 12.1 Å². The molecule has 1 aliphatic heterocycles. The molecule has 1 N–H and O–H groups in total. The number of nitrogens with zero attached hydrogens (tertiary/aromatic N) is 3. The van der Waals surface area contributed by atoms with Crippen molar-refractivity contribution in [3.8, 4) is 6.07 Å². The molecule has 1 aromatic carbocycles. The van der Waals surface area contributed by atoms with Crippen LogP contribution in [0.3, 0.4) is 0 Å². The fourth-order valence-electron chi connectivity index (χ4n) is 2.64. The first kappa shape index (κ1) is 19.7. The summed E-state index contributed by atoms with van der Waals surface area (Å²) in [6.07, 6.45) is 1.12. The predicted octanol–water partition coefficient (Wildman–Crippen LogP) is 3.51. The Bertz CT molecular complexity index is 607. The second kappa shape index (κ2) is 8.48. The summed E-state index contributed by atoms with van der Waals surface area (Å²) in [6.45, 7) is 9.42. The zero-order chi connectivity index (χ0) is 16.2. The largest absolute Gasteiger partial charge is 0.357 e. The first-order chi connectivity index (χ1) is 10.4. The van der Waals surface area contributed by atoms with Crippen molar-refractivity contribution in [2.24, 2.45) is 10.4 Å². The molecule has 4 nitrogen and oxygen atoms in total. The lowest BCUT2D eigenvalue weighted by atomic mass is 9.93. The van der Waals surface area contributed by atoms with Gasteiger partial charge in [-0.15, -0.1) is 24.0 Å². The summed E-state index contributed by atoms with van der Waals surface area (Å²) in [6, 6.07) is 6.41. The fraction of sp³-hybridized carbons (Fsp3) is 0.529. The average Bonchev–Trinajstić information content (AvgIpc) is 2.85. The van der Waals surface area contributed by atoms with Crippen LogP contribution >= 0.6 is 24.0 Å². The van der Waals surface area contributed by atoms with Gasteiger partial charge in [-0.2, -0.15) is 5.26 Å². The molecule has 126 valence electrons. The number of likely N-dealkylation sites (tertiary alicyclic amines) is 1. The third kappa shape index (κ3) is 5.34. The molecule has 0 amide bonds. The van der Waals surface area contributed by atoms with E-state index < -0.39 is 0 Å². The highest BCUT2D eigenvalue weighted by molar-refractivity contribution is 14.0. The van der Waals surface area contributed by atoms with Crippen molar-refractivity contribution < 1.29 is 4.39 Å². The summed E-state index contributed by atoms with van der Waals surface area (Å²) in [7, 11) is 0. The SMILES string of the molecule is CCNC(=NCc1cc(C#N)ccc1F)N1CCC(C)(C)C1.I. The van der Waals surface area contributed by atoms with Crippen LogP contribution in [-0.2, 0) is 6.54 Å². The average molecular weight is 430 g/mol. The van der Waals surface area contributed by atoms with Crippen molar-refractivity contribution >= 4 is 29.9 Å². The molecule has 0 aromatic heterocycles. The zero-order valence-corrected chi connectivity index (χ0v) is 16.2. The highest BCUT2D eigenvalue weighted by atomic mass is 127. The molecule has 1 heterocycles. The molecule has 0 bridgehead atoms. The van der Waals surface area contributed by atoms with Gasteiger partial charge in [-0.25, -0.2) is 9.38 Å². The van der Waals surface area contributed by atoms with Crippen LogP contribution in [0.1, 0.15) is 38.3 Å². The monoisotopic (exact) mass is 430 g/mol. The second-order valence-corrected chi connectivity index (χ2v) is 6.42. The Morgan fingerprint density at radius 2 is 2.22 bits per heavy atom. The summed E-state index contributed by atoms with van der Waals surface area (Å²) in [5.74, 6) is 0.496. The normalized spacial score (nSPS) is 16.7. The minimum absolute atomic E-state index is 0. The Labute approximate surface area is 154 Å². The maximum atomic E-state index is 13.8. The Kier molecular flexibility index (Phi) is 7.26. The Morgan fingerprint density at radius 1 is 1.48 bits per heavy atom. The maximum absolute atomic E-state index is 13.8. The van der Waals surface area contributed by atoms with Gasteiger partial charge in [0.2, 0.25) is 0 Å². The molecule has 0 saturated carbocycles. The molecule has 1 aromatic rings. The molecule has 0 spiro atoms. The van der Waals surface area contributed by atoms with E-state index in [1.807, 2.05) is 13.0 Å². The van der Waals surface area contributed by atoms with Gasteiger partial charge in [0.25, 0.3) is 0 Å². The van der Waals surface area contributed by atoms with Gasteiger partial charge in [-0.1, -0.05) is 13.8 Å². The molecule has 0 radical (unpaired) electrons. The van der Waals surface area contributed by atoms with E-state index in [-0.39, 0.29) is 41.8 Å². The molecule has 1 aliphatic rings. The number of hydrogen-bond acceptors (Lipinski definition) is 2. The van der Waals surface area contributed by atoms with Crippen LogP contribution < -0.4 is 5.32 Å². The van der Waals surface area contributed by atoms with Gasteiger partial charge < -0.3 is 10.2 Å². The maximum Gasteiger partial charge on any atom is 0.194 e. The van der Waals surface area contributed by atoms with Crippen molar-refractivity contribution in [2.45, 2.75) is 33.7 Å². The lowest BCUT2D eigenvalue weighted by Crippen LogP contribution is -2.40. The van der Waals surface area contributed by atoms with E-state index in [4.69, 9.17) is 5.26 Å². The van der Waals surface area contributed by atoms with Crippen molar-refractivity contribution in [3.05, 3.63) is 35.1 Å². The van der Waals surface area contributed by atoms with E-state index in [0.29, 0.717) is 11.1 Å². The smallest absolute Gasteiger partial charge is 0.194 e. The molecule has 6 heteroatoms.